The van der Waals surface area contributed by atoms with E-state index >= 15 is 0 Å². The first-order valence-corrected chi connectivity index (χ1v) is 6.08. The van der Waals surface area contributed by atoms with Crippen LogP contribution < -0.4 is 15.8 Å². The molecule has 1 aliphatic rings. The van der Waals surface area contributed by atoms with Gasteiger partial charge in [-0.3, -0.25) is 4.98 Å². The van der Waals surface area contributed by atoms with Gasteiger partial charge in [0.05, 0.1) is 11.9 Å². The highest BCUT2D eigenvalue weighted by Crippen LogP contribution is 2.14. The van der Waals surface area contributed by atoms with Crippen molar-refractivity contribution in [2.24, 2.45) is 0 Å². The van der Waals surface area contributed by atoms with Crippen LogP contribution in [0.15, 0.2) is 42.7 Å². The molecule has 1 aromatic carbocycles. The SMILES string of the molecule is OB1OCCc2ccc(NOc3cccnc3)cc21. The topological polar surface area (TPSA) is 63.6 Å². The van der Waals surface area contributed by atoms with Crippen molar-refractivity contribution in [1.82, 2.24) is 4.98 Å². The lowest BCUT2D eigenvalue weighted by molar-refractivity contribution is 0.266. The summed E-state index contributed by atoms with van der Waals surface area (Å²) in [7, 11) is -0.858. The van der Waals surface area contributed by atoms with Crippen molar-refractivity contribution >= 4 is 18.3 Å². The van der Waals surface area contributed by atoms with Crippen LogP contribution in [0.25, 0.3) is 0 Å². The van der Waals surface area contributed by atoms with E-state index in [-0.39, 0.29) is 0 Å². The Bertz CT molecular complexity index is 565. The number of nitrogens with one attached hydrogen (secondary N) is 1. The molecule has 0 bridgehead atoms. The molecule has 0 saturated heterocycles. The Balaban J connectivity index is 1.74. The van der Waals surface area contributed by atoms with Gasteiger partial charge in [0.15, 0.2) is 5.75 Å². The van der Waals surface area contributed by atoms with Gasteiger partial charge in [0, 0.05) is 12.8 Å². The number of aromatic nitrogens is 1. The van der Waals surface area contributed by atoms with Gasteiger partial charge >= 0.3 is 7.12 Å². The van der Waals surface area contributed by atoms with E-state index in [9.17, 15) is 5.02 Å². The molecule has 1 aromatic heterocycles. The highest BCUT2D eigenvalue weighted by Gasteiger charge is 2.24. The van der Waals surface area contributed by atoms with Crippen LogP contribution in [-0.2, 0) is 11.1 Å². The smallest absolute Gasteiger partial charge is 0.423 e. The van der Waals surface area contributed by atoms with Crippen molar-refractivity contribution in [3.8, 4) is 5.75 Å². The summed E-state index contributed by atoms with van der Waals surface area (Å²) in [6.07, 6.45) is 4.11. The fourth-order valence-corrected chi connectivity index (χ4v) is 2.01. The summed E-state index contributed by atoms with van der Waals surface area (Å²) in [5.74, 6) is 0.622. The van der Waals surface area contributed by atoms with Crippen molar-refractivity contribution in [3.63, 3.8) is 0 Å². The molecular formula is C13H13BN2O3. The van der Waals surface area contributed by atoms with E-state index in [1.165, 1.54) is 0 Å². The van der Waals surface area contributed by atoms with E-state index in [2.05, 4.69) is 10.5 Å². The van der Waals surface area contributed by atoms with Gasteiger partial charge in [0.1, 0.15) is 0 Å². The maximum Gasteiger partial charge on any atom is 0.491 e. The number of nitrogens with zero attached hydrogens (tertiary/aromatic N) is 1. The molecule has 19 heavy (non-hydrogen) atoms. The summed E-state index contributed by atoms with van der Waals surface area (Å²) in [5, 5.41) is 9.77. The Morgan fingerprint density at radius 2 is 2.32 bits per heavy atom. The molecule has 96 valence electrons. The highest BCUT2D eigenvalue weighted by atomic mass is 16.6. The second-order valence-electron chi connectivity index (χ2n) is 4.28. The van der Waals surface area contributed by atoms with Crippen LogP contribution in [0, 0.1) is 0 Å². The molecule has 2 aromatic rings. The van der Waals surface area contributed by atoms with Crippen molar-refractivity contribution < 1.29 is 14.5 Å². The molecule has 6 heteroatoms. The summed E-state index contributed by atoms with van der Waals surface area (Å²) < 4.78 is 5.20. The number of benzene rings is 1. The molecule has 0 radical (unpaired) electrons. The molecular weight excluding hydrogens is 243 g/mol. The molecule has 0 spiro atoms. The van der Waals surface area contributed by atoms with E-state index in [4.69, 9.17) is 9.49 Å². The standard InChI is InChI=1S/C13H13BN2O3/c17-14-13-8-11(4-3-10(13)5-7-18-14)16-19-12-2-1-6-15-9-12/h1-4,6,8-9,16-17H,5,7H2. The van der Waals surface area contributed by atoms with Crippen molar-refractivity contribution in [2.75, 3.05) is 12.1 Å². The van der Waals surface area contributed by atoms with Gasteiger partial charge in [-0.15, -0.1) is 0 Å². The van der Waals surface area contributed by atoms with Gasteiger partial charge in [-0.1, -0.05) is 6.07 Å². The minimum absolute atomic E-state index is 0.549. The average molecular weight is 256 g/mol. The van der Waals surface area contributed by atoms with E-state index in [1.807, 2.05) is 18.2 Å². The number of hydrogen-bond acceptors (Lipinski definition) is 5. The lowest BCUT2D eigenvalue weighted by atomic mass is 9.73. The maximum atomic E-state index is 9.77. The predicted octanol–water partition coefficient (Wildman–Crippen LogP) is 0.748. The Kier molecular flexibility index (Phi) is 3.35. The van der Waals surface area contributed by atoms with Gasteiger partial charge in [0.25, 0.3) is 0 Å². The molecule has 0 amide bonds. The number of rotatable bonds is 3. The molecule has 0 atom stereocenters. The lowest BCUT2D eigenvalue weighted by Gasteiger charge is -2.19. The van der Waals surface area contributed by atoms with Gasteiger partial charge in [0.2, 0.25) is 0 Å². The summed E-state index contributed by atoms with van der Waals surface area (Å²) in [5.41, 5.74) is 5.47. The number of hydrogen-bond donors (Lipinski definition) is 2. The van der Waals surface area contributed by atoms with Crippen LogP contribution in [0.2, 0.25) is 0 Å². The maximum absolute atomic E-state index is 9.77. The lowest BCUT2D eigenvalue weighted by Crippen LogP contribution is -2.41. The Morgan fingerprint density at radius 3 is 3.16 bits per heavy atom. The van der Waals surface area contributed by atoms with Crippen LogP contribution in [0.1, 0.15) is 5.56 Å². The van der Waals surface area contributed by atoms with Gasteiger partial charge in [-0.2, -0.15) is 0 Å². The number of fused-ring (bicyclic) bond motifs is 1. The zero-order valence-corrected chi connectivity index (χ0v) is 10.2. The third kappa shape index (κ3) is 2.69. The second kappa shape index (κ2) is 5.30. The van der Waals surface area contributed by atoms with Gasteiger partial charge in [-0.25, -0.2) is 5.48 Å². The molecule has 2 heterocycles. The second-order valence-corrected chi connectivity index (χ2v) is 4.28. The summed E-state index contributed by atoms with van der Waals surface area (Å²) >= 11 is 0. The first-order chi connectivity index (χ1) is 9.33. The van der Waals surface area contributed by atoms with Gasteiger partial charge < -0.3 is 14.5 Å². The Hall–Kier alpha value is -2.05. The normalized spacial score (nSPS) is 13.8. The van der Waals surface area contributed by atoms with Crippen LogP contribution in [0.5, 0.6) is 5.75 Å². The molecule has 3 rings (SSSR count). The quantitative estimate of drug-likeness (QED) is 0.626. The first kappa shape index (κ1) is 12.0. The zero-order valence-electron chi connectivity index (χ0n) is 10.2. The van der Waals surface area contributed by atoms with Crippen LogP contribution in [-0.4, -0.2) is 23.7 Å². The zero-order chi connectivity index (χ0) is 13.1. The molecule has 2 N–H and O–H groups in total. The molecule has 0 saturated carbocycles. The number of pyridine rings is 1. The summed E-state index contributed by atoms with van der Waals surface area (Å²) in [6, 6.07) is 9.30. The monoisotopic (exact) mass is 256 g/mol. The summed E-state index contributed by atoms with van der Waals surface area (Å²) in [4.78, 5) is 9.34. The third-order valence-electron chi connectivity index (χ3n) is 2.98. The van der Waals surface area contributed by atoms with Crippen LogP contribution >= 0.6 is 0 Å². The fraction of sp³-hybridized carbons (Fsp3) is 0.154. The van der Waals surface area contributed by atoms with Crippen LogP contribution in [0.3, 0.4) is 0 Å². The first-order valence-electron chi connectivity index (χ1n) is 6.08. The molecule has 0 unspecified atom stereocenters. The predicted molar refractivity (Wildman–Crippen MR) is 72.2 cm³/mol. The van der Waals surface area contributed by atoms with E-state index in [0.717, 1.165) is 23.1 Å². The molecule has 5 nitrogen and oxygen atoms in total. The Morgan fingerprint density at radius 1 is 1.37 bits per heavy atom. The van der Waals surface area contributed by atoms with Crippen molar-refractivity contribution in [2.45, 2.75) is 6.42 Å². The van der Waals surface area contributed by atoms with Crippen molar-refractivity contribution in [3.05, 3.63) is 48.3 Å². The molecule has 0 aliphatic carbocycles. The third-order valence-corrected chi connectivity index (χ3v) is 2.98. The van der Waals surface area contributed by atoms with Gasteiger partial charge in [-0.05, 0) is 41.7 Å². The number of anilines is 1. The molecule has 0 fully saturated rings. The highest BCUT2D eigenvalue weighted by molar-refractivity contribution is 6.61. The van der Waals surface area contributed by atoms with E-state index < -0.39 is 7.12 Å². The average Bonchev–Trinajstić information content (AvgIpc) is 2.47. The minimum atomic E-state index is -0.858. The summed E-state index contributed by atoms with van der Waals surface area (Å²) in [6.45, 7) is 0.549. The Labute approximate surface area is 111 Å². The minimum Gasteiger partial charge on any atom is -0.423 e. The molecule has 1 aliphatic heterocycles. The fourth-order valence-electron chi connectivity index (χ4n) is 2.01. The van der Waals surface area contributed by atoms with Crippen LogP contribution in [0.4, 0.5) is 5.69 Å². The largest absolute Gasteiger partial charge is 0.491 e. The van der Waals surface area contributed by atoms with E-state index in [1.54, 1.807) is 24.5 Å². The van der Waals surface area contributed by atoms with Crippen molar-refractivity contribution in [1.29, 1.82) is 0 Å². The van der Waals surface area contributed by atoms with E-state index in [0.29, 0.717) is 12.4 Å².